The minimum atomic E-state index is -0.463. The SMILES string of the molecule is CC(C)(C)OC(=O)c1sccc1-n1cccc1. The molecule has 0 saturated carbocycles. The Bertz CT molecular complexity index is 506. The van der Waals surface area contributed by atoms with Gasteiger partial charge in [-0.1, -0.05) is 0 Å². The molecule has 0 fully saturated rings. The van der Waals surface area contributed by atoms with Crippen molar-refractivity contribution in [2.45, 2.75) is 26.4 Å². The molecule has 0 spiro atoms. The van der Waals surface area contributed by atoms with E-state index >= 15 is 0 Å². The van der Waals surface area contributed by atoms with Crippen LogP contribution in [0.4, 0.5) is 0 Å². The van der Waals surface area contributed by atoms with Crippen molar-refractivity contribution in [2.24, 2.45) is 0 Å². The third kappa shape index (κ3) is 2.77. The summed E-state index contributed by atoms with van der Waals surface area (Å²) in [7, 11) is 0. The normalized spacial score (nSPS) is 11.5. The molecule has 90 valence electrons. The first-order chi connectivity index (χ1) is 7.97. The number of hydrogen-bond donors (Lipinski definition) is 0. The third-order valence-electron chi connectivity index (χ3n) is 2.11. The molecule has 2 aromatic rings. The maximum Gasteiger partial charge on any atom is 0.351 e. The zero-order valence-corrected chi connectivity index (χ0v) is 11.0. The van der Waals surface area contributed by atoms with Crippen molar-refractivity contribution >= 4 is 17.3 Å². The lowest BCUT2D eigenvalue weighted by Crippen LogP contribution is -2.23. The van der Waals surface area contributed by atoms with Gasteiger partial charge in [-0.05, 0) is 44.4 Å². The van der Waals surface area contributed by atoms with E-state index in [1.165, 1.54) is 11.3 Å². The van der Waals surface area contributed by atoms with E-state index in [4.69, 9.17) is 4.74 Å². The smallest absolute Gasteiger partial charge is 0.351 e. The van der Waals surface area contributed by atoms with Crippen molar-refractivity contribution in [3.8, 4) is 5.69 Å². The molecule has 3 nitrogen and oxygen atoms in total. The molecule has 0 unspecified atom stereocenters. The molecule has 0 amide bonds. The van der Waals surface area contributed by atoms with Crippen LogP contribution in [0.2, 0.25) is 0 Å². The van der Waals surface area contributed by atoms with Crippen LogP contribution in [0.5, 0.6) is 0 Å². The summed E-state index contributed by atoms with van der Waals surface area (Å²) in [4.78, 5) is 12.6. The summed E-state index contributed by atoms with van der Waals surface area (Å²) in [5, 5.41) is 1.90. The molecule has 4 heteroatoms. The minimum Gasteiger partial charge on any atom is -0.456 e. The van der Waals surface area contributed by atoms with Crippen molar-refractivity contribution in [3.05, 3.63) is 40.8 Å². The van der Waals surface area contributed by atoms with Gasteiger partial charge in [-0.15, -0.1) is 11.3 Å². The number of ether oxygens (including phenoxy) is 1. The molecule has 0 saturated heterocycles. The fourth-order valence-corrected chi connectivity index (χ4v) is 2.24. The summed E-state index contributed by atoms with van der Waals surface area (Å²) in [5.41, 5.74) is 0.406. The van der Waals surface area contributed by atoms with Crippen molar-refractivity contribution in [1.82, 2.24) is 4.57 Å². The van der Waals surface area contributed by atoms with Crippen LogP contribution < -0.4 is 0 Å². The van der Waals surface area contributed by atoms with Crippen LogP contribution in [0.3, 0.4) is 0 Å². The van der Waals surface area contributed by atoms with E-state index in [0.717, 1.165) is 5.69 Å². The molecule has 0 bridgehead atoms. The van der Waals surface area contributed by atoms with Gasteiger partial charge >= 0.3 is 5.97 Å². The second-order valence-electron chi connectivity index (χ2n) is 4.73. The van der Waals surface area contributed by atoms with Crippen LogP contribution in [0, 0.1) is 0 Å². The predicted octanol–water partition coefficient (Wildman–Crippen LogP) is 3.49. The Balaban J connectivity index is 2.29. The predicted molar refractivity (Wildman–Crippen MR) is 68.8 cm³/mol. The number of hydrogen-bond acceptors (Lipinski definition) is 3. The standard InChI is InChI=1S/C13H15NO2S/c1-13(2,3)16-12(15)11-10(6-9-17-11)14-7-4-5-8-14/h4-9H,1-3H3. The Kier molecular flexibility index (Phi) is 3.07. The lowest BCUT2D eigenvalue weighted by Gasteiger charge is -2.19. The molecule has 0 aliphatic rings. The zero-order chi connectivity index (χ0) is 12.5. The number of rotatable bonds is 2. The van der Waals surface area contributed by atoms with Gasteiger partial charge in [-0.3, -0.25) is 0 Å². The second kappa shape index (κ2) is 4.37. The molecule has 0 atom stereocenters. The van der Waals surface area contributed by atoms with Crippen LogP contribution >= 0.6 is 11.3 Å². The van der Waals surface area contributed by atoms with Crippen LogP contribution in [0.1, 0.15) is 30.4 Å². The van der Waals surface area contributed by atoms with Gasteiger partial charge in [0.1, 0.15) is 10.5 Å². The van der Waals surface area contributed by atoms with Crippen LogP contribution in [0.25, 0.3) is 5.69 Å². The first kappa shape index (κ1) is 11.9. The molecule has 0 N–H and O–H groups in total. The average molecular weight is 249 g/mol. The fraction of sp³-hybridized carbons (Fsp3) is 0.308. The van der Waals surface area contributed by atoms with E-state index in [1.807, 2.05) is 61.3 Å². The number of esters is 1. The molecule has 0 radical (unpaired) electrons. The van der Waals surface area contributed by atoms with Gasteiger partial charge in [-0.25, -0.2) is 4.79 Å². The summed E-state index contributed by atoms with van der Waals surface area (Å²) < 4.78 is 7.29. The first-order valence-corrected chi connectivity index (χ1v) is 6.29. The number of carbonyl (C=O) groups is 1. The van der Waals surface area contributed by atoms with E-state index in [9.17, 15) is 4.79 Å². The van der Waals surface area contributed by atoms with E-state index in [0.29, 0.717) is 4.88 Å². The highest BCUT2D eigenvalue weighted by atomic mass is 32.1. The summed E-state index contributed by atoms with van der Waals surface area (Å²) in [6.45, 7) is 5.61. The van der Waals surface area contributed by atoms with Gasteiger partial charge in [0.05, 0.1) is 5.69 Å². The van der Waals surface area contributed by atoms with Crippen LogP contribution in [0.15, 0.2) is 36.0 Å². The maximum atomic E-state index is 12.0. The summed E-state index contributed by atoms with van der Waals surface area (Å²) in [6, 6.07) is 5.77. The highest BCUT2D eigenvalue weighted by Crippen LogP contribution is 2.24. The van der Waals surface area contributed by atoms with Gasteiger partial charge in [0, 0.05) is 12.4 Å². The monoisotopic (exact) mass is 249 g/mol. The molecule has 17 heavy (non-hydrogen) atoms. The highest BCUT2D eigenvalue weighted by Gasteiger charge is 2.21. The van der Waals surface area contributed by atoms with Crippen molar-refractivity contribution < 1.29 is 9.53 Å². The molecule has 0 aromatic carbocycles. The molecular weight excluding hydrogens is 234 g/mol. The molecule has 2 rings (SSSR count). The quantitative estimate of drug-likeness (QED) is 0.763. The Morgan fingerprint density at radius 1 is 1.29 bits per heavy atom. The minimum absolute atomic E-state index is 0.267. The van der Waals surface area contributed by atoms with Crippen LogP contribution in [-0.2, 0) is 4.74 Å². The first-order valence-electron chi connectivity index (χ1n) is 5.41. The molecule has 2 aromatic heterocycles. The summed E-state index contributed by atoms with van der Waals surface area (Å²) >= 11 is 1.40. The molecule has 0 aliphatic carbocycles. The Hall–Kier alpha value is -1.55. The zero-order valence-electron chi connectivity index (χ0n) is 10.1. The van der Waals surface area contributed by atoms with Gasteiger partial charge in [0.2, 0.25) is 0 Å². The molecule has 2 heterocycles. The summed E-state index contributed by atoms with van der Waals surface area (Å²) in [6.07, 6.45) is 3.83. The number of aromatic nitrogens is 1. The van der Waals surface area contributed by atoms with E-state index in [1.54, 1.807) is 0 Å². The third-order valence-corrected chi connectivity index (χ3v) is 3.00. The van der Waals surface area contributed by atoms with Gasteiger partial charge in [0.15, 0.2) is 0 Å². The van der Waals surface area contributed by atoms with Crippen molar-refractivity contribution in [2.75, 3.05) is 0 Å². The van der Waals surface area contributed by atoms with Gasteiger partial charge in [0.25, 0.3) is 0 Å². The van der Waals surface area contributed by atoms with Gasteiger partial charge < -0.3 is 9.30 Å². The Morgan fingerprint density at radius 3 is 2.53 bits per heavy atom. The molecular formula is C13H15NO2S. The van der Waals surface area contributed by atoms with E-state index < -0.39 is 5.60 Å². The second-order valence-corrected chi connectivity index (χ2v) is 5.64. The molecule has 0 aliphatic heterocycles. The Morgan fingerprint density at radius 2 is 1.94 bits per heavy atom. The fourth-order valence-electron chi connectivity index (χ4n) is 1.48. The van der Waals surface area contributed by atoms with Gasteiger partial charge in [-0.2, -0.15) is 0 Å². The maximum absolute atomic E-state index is 12.0. The van der Waals surface area contributed by atoms with Crippen LogP contribution in [-0.4, -0.2) is 16.1 Å². The topological polar surface area (TPSA) is 31.2 Å². The van der Waals surface area contributed by atoms with E-state index in [-0.39, 0.29) is 5.97 Å². The largest absolute Gasteiger partial charge is 0.456 e. The number of thiophene rings is 1. The number of carbonyl (C=O) groups excluding carboxylic acids is 1. The average Bonchev–Trinajstić information content (AvgIpc) is 2.85. The van der Waals surface area contributed by atoms with Crippen molar-refractivity contribution in [1.29, 1.82) is 0 Å². The Labute approximate surface area is 105 Å². The lowest BCUT2D eigenvalue weighted by atomic mass is 10.2. The number of nitrogens with zero attached hydrogens (tertiary/aromatic N) is 1. The highest BCUT2D eigenvalue weighted by molar-refractivity contribution is 7.12. The van der Waals surface area contributed by atoms with E-state index in [2.05, 4.69) is 0 Å². The lowest BCUT2D eigenvalue weighted by molar-refractivity contribution is 0.00754. The van der Waals surface area contributed by atoms with Crippen molar-refractivity contribution in [3.63, 3.8) is 0 Å². The summed E-state index contributed by atoms with van der Waals surface area (Å²) in [5.74, 6) is -0.267.